The molecule has 0 saturated heterocycles. The molecule has 1 N–H and O–H groups in total. The van der Waals surface area contributed by atoms with Crippen molar-refractivity contribution in [2.24, 2.45) is 0 Å². The molecule has 0 atom stereocenters. The van der Waals surface area contributed by atoms with Gasteiger partial charge in [0.1, 0.15) is 16.4 Å². The zero-order valence-electron chi connectivity index (χ0n) is 12.8. The quantitative estimate of drug-likeness (QED) is 0.846. The van der Waals surface area contributed by atoms with Crippen LogP contribution in [-0.2, 0) is 20.0 Å². The average Bonchev–Trinajstić information content (AvgIpc) is 2.40. The molecule has 23 heavy (non-hydrogen) atoms. The number of ether oxygens (including phenoxy) is 1. The summed E-state index contributed by atoms with van der Waals surface area (Å²) in [5.41, 5.74) is 0.658. The third-order valence-electron chi connectivity index (χ3n) is 3.37. The molecule has 0 aliphatic heterocycles. The van der Waals surface area contributed by atoms with Crippen molar-refractivity contribution in [3.05, 3.63) is 47.5 Å². The Labute approximate surface area is 135 Å². The molecule has 0 radical (unpaired) electrons. The maximum absolute atomic E-state index is 11.7. The minimum Gasteiger partial charge on any atom is -0.457 e. The van der Waals surface area contributed by atoms with Gasteiger partial charge in [0.25, 0.3) is 10.1 Å². The number of rotatable bonds is 4. The zero-order valence-corrected chi connectivity index (χ0v) is 14.4. The van der Waals surface area contributed by atoms with Crippen LogP contribution >= 0.6 is 0 Å². The van der Waals surface area contributed by atoms with Crippen LogP contribution in [0.2, 0.25) is 0 Å². The molecule has 0 saturated carbocycles. The second-order valence-electron chi connectivity index (χ2n) is 5.11. The van der Waals surface area contributed by atoms with Crippen molar-refractivity contribution in [3.63, 3.8) is 0 Å². The first-order chi connectivity index (χ1) is 10.5. The number of sulfone groups is 1. The lowest BCUT2D eigenvalue weighted by atomic mass is 10.2. The van der Waals surface area contributed by atoms with Gasteiger partial charge in [-0.3, -0.25) is 4.55 Å². The molecule has 0 bridgehead atoms. The monoisotopic (exact) mass is 356 g/mol. The van der Waals surface area contributed by atoms with E-state index in [0.717, 1.165) is 6.26 Å². The van der Waals surface area contributed by atoms with Crippen molar-refractivity contribution < 1.29 is 26.1 Å². The van der Waals surface area contributed by atoms with E-state index in [1.807, 2.05) is 0 Å². The van der Waals surface area contributed by atoms with Crippen molar-refractivity contribution in [1.29, 1.82) is 0 Å². The van der Waals surface area contributed by atoms with Gasteiger partial charge in [-0.15, -0.1) is 0 Å². The molecule has 124 valence electrons. The third-order valence-corrected chi connectivity index (χ3v) is 5.61. The number of hydrogen-bond acceptors (Lipinski definition) is 5. The Bertz CT molecular complexity index is 880. The standard InChI is InChI=1S/C15H16O6S2/c1-10-12(6-4-8-14(10)22(3,16)17)21-13-7-5-9-15(11(13)2)23(18,19)20/h4-9H,1-3H3,(H,18,19,20). The van der Waals surface area contributed by atoms with Gasteiger partial charge < -0.3 is 4.74 Å². The summed E-state index contributed by atoms with van der Waals surface area (Å²) in [6, 6.07) is 8.83. The second kappa shape index (κ2) is 5.95. The Hall–Kier alpha value is -1.90. The van der Waals surface area contributed by atoms with Gasteiger partial charge in [-0.05, 0) is 38.1 Å². The van der Waals surface area contributed by atoms with Crippen molar-refractivity contribution in [2.45, 2.75) is 23.6 Å². The first-order valence-corrected chi connectivity index (χ1v) is 9.89. The highest BCUT2D eigenvalue weighted by atomic mass is 32.2. The lowest BCUT2D eigenvalue weighted by Crippen LogP contribution is -2.03. The van der Waals surface area contributed by atoms with Crippen LogP contribution < -0.4 is 4.74 Å². The van der Waals surface area contributed by atoms with E-state index in [0.29, 0.717) is 11.3 Å². The molecule has 0 heterocycles. The van der Waals surface area contributed by atoms with Crippen LogP contribution in [0.25, 0.3) is 0 Å². The SMILES string of the molecule is Cc1c(Oc2cccc(S(=O)(=O)O)c2C)cccc1S(C)(=O)=O. The lowest BCUT2D eigenvalue weighted by Gasteiger charge is -2.14. The summed E-state index contributed by atoms with van der Waals surface area (Å²) in [6.07, 6.45) is 1.10. The summed E-state index contributed by atoms with van der Waals surface area (Å²) in [5, 5.41) is 0. The summed E-state index contributed by atoms with van der Waals surface area (Å²) in [7, 11) is -7.77. The highest BCUT2D eigenvalue weighted by Gasteiger charge is 2.18. The van der Waals surface area contributed by atoms with Gasteiger partial charge in [-0.2, -0.15) is 8.42 Å². The molecule has 2 rings (SSSR count). The van der Waals surface area contributed by atoms with E-state index in [1.54, 1.807) is 19.1 Å². The van der Waals surface area contributed by atoms with Crippen LogP contribution in [-0.4, -0.2) is 27.6 Å². The molecule has 2 aromatic carbocycles. The summed E-state index contributed by atoms with van der Waals surface area (Å²) in [4.78, 5) is -0.120. The molecule has 2 aromatic rings. The summed E-state index contributed by atoms with van der Waals surface area (Å²) in [5.74, 6) is 0.511. The minimum atomic E-state index is -4.37. The number of hydrogen-bond donors (Lipinski definition) is 1. The Morgan fingerprint density at radius 1 is 0.826 bits per heavy atom. The van der Waals surface area contributed by atoms with Crippen molar-refractivity contribution in [3.8, 4) is 11.5 Å². The predicted octanol–water partition coefficient (Wildman–Crippen LogP) is 2.75. The topological polar surface area (TPSA) is 97.7 Å². The van der Waals surface area contributed by atoms with Crippen LogP contribution in [0, 0.1) is 13.8 Å². The van der Waals surface area contributed by atoms with Crippen molar-refractivity contribution in [1.82, 2.24) is 0 Å². The normalized spacial score (nSPS) is 12.2. The van der Waals surface area contributed by atoms with Crippen LogP contribution in [0.5, 0.6) is 11.5 Å². The predicted molar refractivity (Wildman–Crippen MR) is 85.4 cm³/mol. The van der Waals surface area contributed by atoms with Gasteiger partial charge in [0, 0.05) is 17.4 Å². The minimum absolute atomic E-state index is 0.138. The molecule has 0 unspecified atom stereocenters. The van der Waals surface area contributed by atoms with Crippen LogP contribution in [0.4, 0.5) is 0 Å². The molecule has 0 aliphatic carbocycles. The first-order valence-electron chi connectivity index (χ1n) is 6.56. The fourth-order valence-corrected chi connectivity index (χ4v) is 3.93. The fourth-order valence-electron chi connectivity index (χ4n) is 2.21. The van der Waals surface area contributed by atoms with Gasteiger partial charge >= 0.3 is 0 Å². The van der Waals surface area contributed by atoms with E-state index in [2.05, 4.69) is 0 Å². The number of benzene rings is 2. The van der Waals surface area contributed by atoms with Crippen LogP contribution in [0.15, 0.2) is 46.2 Å². The van der Waals surface area contributed by atoms with Gasteiger partial charge in [0.05, 0.1) is 4.90 Å². The fraction of sp³-hybridized carbons (Fsp3) is 0.200. The van der Waals surface area contributed by atoms with E-state index >= 15 is 0 Å². The molecule has 6 nitrogen and oxygen atoms in total. The lowest BCUT2D eigenvalue weighted by molar-refractivity contribution is 0.464. The van der Waals surface area contributed by atoms with E-state index in [1.165, 1.54) is 31.2 Å². The smallest absolute Gasteiger partial charge is 0.294 e. The van der Waals surface area contributed by atoms with Gasteiger partial charge in [0.15, 0.2) is 9.84 Å². The molecular weight excluding hydrogens is 340 g/mol. The third kappa shape index (κ3) is 3.72. The Morgan fingerprint density at radius 2 is 1.26 bits per heavy atom. The van der Waals surface area contributed by atoms with Crippen molar-refractivity contribution in [2.75, 3.05) is 6.26 Å². The molecule has 0 spiro atoms. The molecule has 0 aliphatic rings. The van der Waals surface area contributed by atoms with E-state index in [9.17, 15) is 21.4 Å². The van der Waals surface area contributed by atoms with Crippen molar-refractivity contribution >= 4 is 20.0 Å². The molecule has 8 heteroatoms. The zero-order chi connectivity index (χ0) is 17.4. The Balaban J connectivity index is 2.54. The van der Waals surface area contributed by atoms with Gasteiger partial charge in [-0.1, -0.05) is 12.1 Å². The summed E-state index contributed by atoms with van der Waals surface area (Å²) in [6.45, 7) is 3.10. The van der Waals surface area contributed by atoms with Gasteiger partial charge in [-0.25, -0.2) is 8.42 Å². The summed E-state index contributed by atoms with van der Waals surface area (Å²) < 4.78 is 61.0. The van der Waals surface area contributed by atoms with E-state index in [-0.39, 0.29) is 21.1 Å². The van der Waals surface area contributed by atoms with Gasteiger partial charge in [0.2, 0.25) is 0 Å². The van der Waals surface area contributed by atoms with Crippen LogP contribution in [0.3, 0.4) is 0 Å². The summed E-state index contributed by atoms with van der Waals surface area (Å²) >= 11 is 0. The first kappa shape index (κ1) is 17.5. The highest BCUT2D eigenvalue weighted by Crippen LogP contribution is 2.33. The van der Waals surface area contributed by atoms with Crippen LogP contribution in [0.1, 0.15) is 11.1 Å². The Kier molecular flexibility index (Phi) is 4.52. The highest BCUT2D eigenvalue weighted by molar-refractivity contribution is 7.90. The maximum Gasteiger partial charge on any atom is 0.294 e. The maximum atomic E-state index is 11.7. The molecule has 0 fully saturated rings. The molecule has 0 aromatic heterocycles. The average molecular weight is 356 g/mol. The van der Waals surface area contributed by atoms with E-state index < -0.39 is 20.0 Å². The Morgan fingerprint density at radius 3 is 1.70 bits per heavy atom. The van der Waals surface area contributed by atoms with E-state index in [4.69, 9.17) is 4.74 Å². The largest absolute Gasteiger partial charge is 0.457 e. The molecular formula is C15H16O6S2. The second-order valence-corrected chi connectivity index (χ2v) is 8.48. The molecule has 0 amide bonds.